The average molecular weight is 341 g/mol. The highest BCUT2D eigenvalue weighted by Crippen LogP contribution is 2.30. The first kappa shape index (κ1) is 17.7. The maximum absolute atomic E-state index is 11.9. The van der Waals surface area contributed by atoms with Gasteiger partial charge in [-0.25, -0.2) is 13.9 Å². The van der Waals surface area contributed by atoms with Gasteiger partial charge in [-0.3, -0.25) is 10.0 Å². The normalized spacial score (nSPS) is 17.3. The lowest BCUT2D eigenvalue weighted by atomic mass is 9.99. The summed E-state index contributed by atoms with van der Waals surface area (Å²) in [4.78, 5) is 11.8. The summed E-state index contributed by atoms with van der Waals surface area (Å²) < 4.78 is 27.8. The van der Waals surface area contributed by atoms with Gasteiger partial charge >= 0.3 is 0 Å². The summed E-state index contributed by atoms with van der Waals surface area (Å²) in [6.45, 7) is 2.06. The fraction of sp³-hybridized carbons (Fsp3) is 0.562. The van der Waals surface area contributed by atoms with Gasteiger partial charge in [0.15, 0.2) is 9.84 Å². The van der Waals surface area contributed by atoms with Crippen molar-refractivity contribution >= 4 is 15.7 Å². The van der Waals surface area contributed by atoms with Gasteiger partial charge < -0.3 is 4.74 Å². The summed E-state index contributed by atoms with van der Waals surface area (Å²) in [5, 5.41) is 8.80. The monoisotopic (exact) mass is 341 g/mol. The van der Waals surface area contributed by atoms with Crippen molar-refractivity contribution in [3.8, 4) is 5.75 Å². The van der Waals surface area contributed by atoms with Crippen LogP contribution in [0.4, 0.5) is 0 Å². The molecule has 1 atom stereocenters. The SMILES string of the molecule is CC(CCc1ccc(OCC2CC2)cc1)(C(=O)NO)S(C)(=O)=O. The van der Waals surface area contributed by atoms with Crippen LogP contribution >= 0.6 is 0 Å². The van der Waals surface area contributed by atoms with Crippen molar-refractivity contribution in [2.24, 2.45) is 5.92 Å². The van der Waals surface area contributed by atoms with Crippen LogP contribution in [0.3, 0.4) is 0 Å². The molecule has 1 fully saturated rings. The molecule has 2 N–H and O–H groups in total. The van der Waals surface area contributed by atoms with Gasteiger partial charge in [0.1, 0.15) is 10.5 Å². The Hall–Kier alpha value is -1.60. The summed E-state index contributed by atoms with van der Waals surface area (Å²) in [5.74, 6) is 0.561. The molecule has 128 valence electrons. The van der Waals surface area contributed by atoms with Crippen molar-refractivity contribution in [3.63, 3.8) is 0 Å². The molecule has 1 saturated carbocycles. The maximum atomic E-state index is 11.9. The second-order valence-corrected chi connectivity index (χ2v) is 8.79. The molecular weight excluding hydrogens is 318 g/mol. The van der Waals surface area contributed by atoms with Gasteiger partial charge in [0.25, 0.3) is 5.91 Å². The summed E-state index contributed by atoms with van der Waals surface area (Å²) in [5.41, 5.74) is 2.36. The molecule has 0 radical (unpaired) electrons. The minimum absolute atomic E-state index is 0.0838. The van der Waals surface area contributed by atoms with Gasteiger partial charge in [0, 0.05) is 6.26 Å². The molecule has 23 heavy (non-hydrogen) atoms. The third-order valence-corrected chi connectivity index (χ3v) is 6.42. The number of carbonyl (C=O) groups is 1. The van der Waals surface area contributed by atoms with Gasteiger partial charge in [-0.1, -0.05) is 12.1 Å². The van der Waals surface area contributed by atoms with Crippen LogP contribution < -0.4 is 10.2 Å². The van der Waals surface area contributed by atoms with E-state index in [1.165, 1.54) is 25.2 Å². The molecule has 1 aliphatic rings. The van der Waals surface area contributed by atoms with Gasteiger partial charge in [-0.15, -0.1) is 0 Å². The van der Waals surface area contributed by atoms with E-state index in [2.05, 4.69) is 0 Å². The number of nitrogens with one attached hydrogen (secondary N) is 1. The van der Waals surface area contributed by atoms with E-state index in [9.17, 15) is 13.2 Å². The molecule has 6 nitrogen and oxygen atoms in total. The van der Waals surface area contributed by atoms with Crippen molar-refractivity contribution in [2.45, 2.75) is 37.4 Å². The smallest absolute Gasteiger partial charge is 0.264 e. The second-order valence-electron chi connectivity index (χ2n) is 6.34. The van der Waals surface area contributed by atoms with Crippen molar-refractivity contribution < 1.29 is 23.2 Å². The Labute approximate surface area is 136 Å². The number of aryl methyl sites for hydroxylation is 1. The van der Waals surface area contributed by atoms with E-state index in [0.717, 1.165) is 24.2 Å². The summed E-state index contributed by atoms with van der Waals surface area (Å²) in [6.07, 6.45) is 3.95. The molecule has 1 aromatic rings. The van der Waals surface area contributed by atoms with Crippen molar-refractivity contribution in [1.29, 1.82) is 0 Å². The molecule has 0 aliphatic heterocycles. The summed E-state index contributed by atoms with van der Waals surface area (Å²) in [7, 11) is -3.66. The summed E-state index contributed by atoms with van der Waals surface area (Å²) >= 11 is 0. The Bertz CT molecular complexity index is 652. The predicted molar refractivity (Wildman–Crippen MR) is 86.2 cm³/mol. The Kier molecular flexibility index (Phi) is 5.31. The Morgan fingerprint density at radius 2 is 1.96 bits per heavy atom. The van der Waals surface area contributed by atoms with Crippen LogP contribution in [0, 0.1) is 5.92 Å². The largest absolute Gasteiger partial charge is 0.493 e. The topological polar surface area (TPSA) is 92.7 Å². The third-order valence-electron chi connectivity index (χ3n) is 4.40. The quantitative estimate of drug-likeness (QED) is 0.555. The van der Waals surface area contributed by atoms with Gasteiger partial charge in [0.2, 0.25) is 0 Å². The highest BCUT2D eigenvalue weighted by Gasteiger charge is 2.43. The molecular formula is C16H23NO5S. The lowest BCUT2D eigenvalue weighted by Crippen LogP contribution is -2.49. The van der Waals surface area contributed by atoms with E-state index in [0.29, 0.717) is 12.3 Å². The molecule has 1 amide bonds. The molecule has 0 spiro atoms. The maximum Gasteiger partial charge on any atom is 0.264 e. The molecule has 7 heteroatoms. The van der Waals surface area contributed by atoms with Crippen LogP contribution in [0.25, 0.3) is 0 Å². The van der Waals surface area contributed by atoms with Crippen LogP contribution in [-0.2, 0) is 21.1 Å². The van der Waals surface area contributed by atoms with E-state index in [4.69, 9.17) is 9.94 Å². The van der Waals surface area contributed by atoms with Crippen molar-refractivity contribution in [3.05, 3.63) is 29.8 Å². The van der Waals surface area contributed by atoms with Gasteiger partial charge in [-0.05, 0) is 56.2 Å². The van der Waals surface area contributed by atoms with Crippen molar-refractivity contribution in [2.75, 3.05) is 12.9 Å². The number of hydrogen-bond donors (Lipinski definition) is 2. The fourth-order valence-electron chi connectivity index (χ4n) is 2.22. The van der Waals surface area contributed by atoms with Crippen LogP contribution in [0.15, 0.2) is 24.3 Å². The van der Waals surface area contributed by atoms with Gasteiger partial charge in [-0.2, -0.15) is 0 Å². The second kappa shape index (κ2) is 6.88. The molecule has 1 aromatic carbocycles. The molecule has 0 saturated heterocycles. The number of benzene rings is 1. The van der Waals surface area contributed by atoms with E-state index >= 15 is 0 Å². The molecule has 0 heterocycles. The number of amides is 1. The first-order valence-corrected chi connectivity index (χ1v) is 9.51. The molecule has 1 unspecified atom stereocenters. The van der Waals surface area contributed by atoms with E-state index in [-0.39, 0.29) is 6.42 Å². The van der Waals surface area contributed by atoms with Crippen LogP contribution in [0.5, 0.6) is 5.75 Å². The Balaban J connectivity index is 1.98. The zero-order chi connectivity index (χ0) is 17.1. The zero-order valence-electron chi connectivity index (χ0n) is 13.4. The first-order valence-electron chi connectivity index (χ1n) is 7.62. The minimum atomic E-state index is -3.66. The standard InChI is InChI=1S/C16H23NO5S/c1-16(15(18)17-19,23(2,20)21)10-9-12-5-7-14(8-6-12)22-11-13-3-4-13/h5-8,13,19H,3-4,9-11H2,1-2H3,(H,17,18). The number of rotatable bonds is 8. The number of carbonyl (C=O) groups excluding carboxylic acids is 1. The lowest BCUT2D eigenvalue weighted by Gasteiger charge is -2.25. The third kappa shape index (κ3) is 4.45. The first-order chi connectivity index (χ1) is 10.8. The van der Waals surface area contributed by atoms with E-state index in [1.807, 2.05) is 24.3 Å². The minimum Gasteiger partial charge on any atom is -0.493 e. The predicted octanol–water partition coefficient (Wildman–Crippen LogP) is 1.72. The molecule has 1 aliphatic carbocycles. The molecule has 0 aromatic heterocycles. The lowest BCUT2D eigenvalue weighted by molar-refractivity contribution is -0.131. The Morgan fingerprint density at radius 1 is 1.35 bits per heavy atom. The molecule has 2 rings (SSSR count). The number of hydrogen-bond acceptors (Lipinski definition) is 5. The highest BCUT2D eigenvalue weighted by atomic mass is 32.2. The van der Waals surface area contributed by atoms with Gasteiger partial charge in [0.05, 0.1) is 6.61 Å². The molecule has 0 bridgehead atoms. The van der Waals surface area contributed by atoms with E-state index in [1.54, 1.807) is 0 Å². The van der Waals surface area contributed by atoms with Crippen molar-refractivity contribution in [1.82, 2.24) is 5.48 Å². The number of ether oxygens (including phenoxy) is 1. The summed E-state index contributed by atoms with van der Waals surface area (Å²) in [6, 6.07) is 7.42. The number of hydroxylamine groups is 1. The highest BCUT2D eigenvalue weighted by molar-refractivity contribution is 7.92. The number of sulfone groups is 1. The fourth-order valence-corrected chi connectivity index (χ4v) is 3.07. The van der Waals surface area contributed by atoms with Crippen LogP contribution in [0.1, 0.15) is 31.7 Å². The average Bonchev–Trinajstić information content (AvgIpc) is 3.34. The van der Waals surface area contributed by atoms with E-state index < -0.39 is 20.5 Å². The Morgan fingerprint density at radius 3 is 2.43 bits per heavy atom. The van der Waals surface area contributed by atoms with Crippen LogP contribution in [0.2, 0.25) is 0 Å². The zero-order valence-corrected chi connectivity index (χ0v) is 14.2. The van der Waals surface area contributed by atoms with Crippen LogP contribution in [-0.4, -0.2) is 37.1 Å².